The molecule has 0 unspecified atom stereocenters. The summed E-state index contributed by atoms with van der Waals surface area (Å²) in [5.74, 6) is 0.0569. The van der Waals surface area contributed by atoms with Crippen LogP contribution in [-0.2, 0) is 9.47 Å². The summed E-state index contributed by atoms with van der Waals surface area (Å²) in [6.07, 6.45) is 1.96. The van der Waals surface area contributed by atoms with Crippen molar-refractivity contribution >= 4 is 17.7 Å². The Kier molecular flexibility index (Phi) is 4.72. The molecule has 0 aromatic heterocycles. The summed E-state index contributed by atoms with van der Waals surface area (Å²) in [6.45, 7) is 4.81. The Morgan fingerprint density at radius 3 is 2.65 bits per heavy atom. The van der Waals surface area contributed by atoms with Crippen molar-refractivity contribution in [3.63, 3.8) is 0 Å². The van der Waals surface area contributed by atoms with Crippen molar-refractivity contribution in [3.05, 3.63) is 29.8 Å². The molecule has 0 aliphatic carbocycles. The lowest BCUT2D eigenvalue weighted by molar-refractivity contribution is 0.0438. The molecule has 1 N–H and O–H groups in total. The maximum Gasteiger partial charge on any atom is 0.407 e. The average molecular weight is 359 g/mol. The van der Waals surface area contributed by atoms with Gasteiger partial charge in [-0.3, -0.25) is 4.79 Å². The molecule has 2 amide bonds. The van der Waals surface area contributed by atoms with E-state index in [1.54, 1.807) is 0 Å². The fourth-order valence-electron chi connectivity index (χ4n) is 4.06. The van der Waals surface area contributed by atoms with E-state index in [0.717, 1.165) is 37.2 Å². The van der Waals surface area contributed by atoms with Gasteiger partial charge in [0.15, 0.2) is 0 Å². The van der Waals surface area contributed by atoms with Gasteiger partial charge in [-0.15, -0.1) is 0 Å². The second-order valence-corrected chi connectivity index (χ2v) is 7.19. The summed E-state index contributed by atoms with van der Waals surface area (Å²) in [7, 11) is 0. The Morgan fingerprint density at radius 1 is 1.08 bits per heavy atom. The molecule has 3 heterocycles. The Hall–Kier alpha value is -2.28. The zero-order valence-corrected chi connectivity index (χ0v) is 14.9. The normalized spacial score (nSPS) is 26.4. The zero-order chi connectivity index (χ0) is 18.0. The number of alkyl carbamates (subject to hydrolysis) is 1. The smallest absolute Gasteiger partial charge is 0.407 e. The van der Waals surface area contributed by atoms with E-state index in [9.17, 15) is 9.59 Å². The van der Waals surface area contributed by atoms with Gasteiger partial charge >= 0.3 is 6.09 Å². The van der Waals surface area contributed by atoms with Gasteiger partial charge in [0.05, 0.1) is 25.3 Å². The van der Waals surface area contributed by atoms with Gasteiger partial charge in [-0.05, 0) is 25.0 Å². The predicted octanol–water partition coefficient (Wildman–Crippen LogP) is 1.63. The number of likely N-dealkylation sites (tertiary alicyclic amines) is 1. The number of para-hydroxylation sites is 1. The maximum atomic E-state index is 13.2. The summed E-state index contributed by atoms with van der Waals surface area (Å²) in [5.41, 5.74) is 1.27. The summed E-state index contributed by atoms with van der Waals surface area (Å²) in [4.78, 5) is 28.8. The largest absolute Gasteiger partial charge is 0.441 e. The van der Waals surface area contributed by atoms with Crippen molar-refractivity contribution in [2.75, 3.05) is 50.8 Å². The summed E-state index contributed by atoms with van der Waals surface area (Å²) >= 11 is 0. The third-order valence-electron chi connectivity index (χ3n) is 5.54. The summed E-state index contributed by atoms with van der Waals surface area (Å²) < 4.78 is 10.9. The van der Waals surface area contributed by atoms with E-state index < -0.39 is 5.60 Å². The quantitative estimate of drug-likeness (QED) is 0.869. The van der Waals surface area contributed by atoms with Crippen LogP contribution in [0.25, 0.3) is 0 Å². The predicted molar refractivity (Wildman–Crippen MR) is 96.4 cm³/mol. The van der Waals surface area contributed by atoms with E-state index in [0.29, 0.717) is 39.3 Å². The van der Waals surface area contributed by atoms with Gasteiger partial charge < -0.3 is 24.6 Å². The van der Waals surface area contributed by atoms with Crippen molar-refractivity contribution < 1.29 is 19.1 Å². The van der Waals surface area contributed by atoms with Crippen molar-refractivity contribution in [2.45, 2.75) is 24.9 Å². The molecular weight excluding hydrogens is 334 g/mol. The molecule has 7 heteroatoms. The lowest BCUT2D eigenvalue weighted by atomic mass is 9.95. The topological polar surface area (TPSA) is 71.1 Å². The molecule has 4 rings (SSSR count). The number of morpholine rings is 1. The highest BCUT2D eigenvalue weighted by molar-refractivity contribution is 5.99. The fraction of sp³-hybridized carbons (Fsp3) is 0.579. The van der Waals surface area contributed by atoms with Gasteiger partial charge in [0, 0.05) is 38.3 Å². The highest BCUT2D eigenvalue weighted by Gasteiger charge is 2.42. The van der Waals surface area contributed by atoms with Gasteiger partial charge in [-0.25, -0.2) is 4.79 Å². The van der Waals surface area contributed by atoms with Gasteiger partial charge in [-0.1, -0.05) is 12.1 Å². The van der Waals surface area contributed by atoms with Gasteiger partial charge in [0.1, 0.15) is 5.60 Å². The maximum absolute atomic E-state index is 13.2. The highest BCUT2D eigenvalue weighted by atomic mass is 16.6. The molecular formula is C19H25N3O4. The first-order chi connectivity index (χ1) is 12.7. The molecule has 1 aromatic rings. The molecule has 1 atom stereocenters. The Bertz CT molecular complexity index is 689. The van der Waals surface area contributed by atoms with E-state index in [1.807, 2.05) is 29.2 Å². The lowest BCUT2D eigenvalue weighted by Crippen LogP contribution is -2.39. The number of hydrogen-bond acceptors (Lipinski definition) is 5. The molecule has 3 aliphatic heterocycles. The van der Waals surface area contributed by atoms with Crippen LogP contribution in [0.15, 0.2) is 24.3 Å². The Labute approximate surface area is 153 Å². The first-order valence-electron chi connectivity index (χ1n) is 9.35. The van der Waals surface area contributed by atoms with Gasteiger partial charge in [0.25, 0.3) is 5.91 Å². The molecule has 7 nitrogen and oxygen atoms in total. The standard InChI is InChI=1S/C19H25N3O4/c23-17(15-4-1-2-5-16(15)21-10-12-25-13-11-21)22-8-3-6-19(7-9-22)14-20-18(24)26-19/h1-2,4-5H,3,6-14H2,(H,20,24)/t19-/m0/s1. The Balaban J connectivity index is 1.50. The van der Waals surface area contributed by atoms with E-state index in [-0.39, 0.29) is 12.0 Å². The molecule has 26 heavy (non-hydrogen) atoms. The summed E-state index contributed by atoms with van der Waals surface area (Å²) in [6, 6.07) is 7.81. The van der Waals surface area contributed by atoms with E-state index in [1.165, 1.54) is 0 Å². The molecule has 3 saturated heterocycles. The number of benzene rings is 1. The van der Waals surface area contributed by atoms with Gasteiger partial charge in [0.2, 0.25) is 0 Å². The van der Waals surface area contributed by atoms with E-state index in [2.05, 4.69) is 10.2 Å². The number of anilines is 1. The SMILES string of the molecule is O=C1NC[C@@]2(CCCN(C(=O)c3ccccc3N3CCOCC3)CC2)O1. The minimum Gasteiger partial charge on any atom is -0.441 e. The van der Waals surface area contributed by atoms with Crippen LogP contribution in [-0.4, -0.2) is 68.4 Å². The highest BCUT2D eigenvalue weighted by Crippen LogP contribution is 2.31. The number of rotatable bonds is 2. The fourth-order valence-corrected chi connectivity index (χ4v) is 4.06. The van der Waals surface area contributed by atoms with Crippen LogP contribution in [0, 0.1) is 0 Å². The number of ether oxygens (including phenoxy) is 2. The first-order valence-corrected chi connectivity index (χ1v) is 9.35. The minimum atomic E-state index is -0.449. The van der Waals surface area contributed by atoms with Crippen LogP contribution in [0.1, 0.15) is 29.6 Å². The molecule has 1 aromatic carbocycles. The van der Waals surface area contributed by atoms with Crippen LogP contribution in [0.3, 0.4) is 0 Å². The molecule has 0 radical (unpaired) electrons. The monoisotopic (exact) mass is 359 g/mol. The van der Waals surface area contributed by atoms with Crippen molar-refractivity contribution in [2.24, 2.45) is 0 Å². The zero-order valence-electron chi connectivity index (χ0n) is 14.9. The third kappa shape index (κ3) is 3.35. The van der Waals surface area contributed by atoms with Crippen LogP contribution < -0.4 is 10.2 Å². The number of amides is 2. The summed E-state index contributed by atoms with van der Waals surface area (Å²) in [5, 5.41) is 2.75. The van der Waals surface area contributed by atoms with Crippen molar-refractivity contribution in [1.29, 1.82) is 0 Å². The number of nitrogens with zero attached hydrogens (tertiary/aromatic N) is 2. The molecule has 3 aliphatic rings. The van der Waals surface area contributed by atoms with Crippen LogP contribution in [0.2, 0.25) is 0 Å². The van der Waals surface area contributed by atoms with E-state index >= 15 is 0 Å². The molecule has 3 fully saturated rings. The Morgan fingerprint density at radius 2 is 1.88 bits per heavy atom. The van der Waals surface area contributed by atoms with E-state index in [4.69, 9.17) is 9.47 Å². The van der Waals surface area contributed by atoms with Crippen LogP contribution in [0.5, 0.6) is 0 Å². The second kappa shape index (κ2) is 7.15. The second-order valence-electron chi connectivity index (χ2n) is 7.19. The minimum absolute atomic E-state index is 0.0569. The average Bonchev–Trinajstić information content (AvgIpc) is 2.92. The van der Waals surface area contributed by atoms with Crippen molar-refractivity contribution in [1.82, 2.24) is 10.2 Å². The number of hydrogen-bond donors (Lipinski definition) is 1. The number of carbonyl (C=O) groups is 2. The first kappa shape index (κ1) is 17.1. The number of nitrogens with one attached hydrogen (secondary N) is 1. The van der Waals surface area contributed by atoms with Crippen LogP contribution >= 0.6 is 0 Å². The van der Waals surface area contributed by atoms with Crippen LogP contribution in [0.4, 0.5) is 10.5 Å². The molecule has 1 spiro atoms. The molecule has 140 valence electrons. The molecule has 0 bridgehead atoms. The van der Waals surface area contributed by atoms with Crippen molar-refractivity contribution in [3.8, 4) is 0 Å². The van der Waals surface area contributed by atoms with Gasteiger partial charge in [-0.2, -0.15) is 0 Å². The molecule has 0 saturated carbocycles. The number of carbonyl (C=O) groups excluding carboxylic acids is 2. The third-order valence-corrected chi connectivity index (χ3v) is 5.54. The lowest BCUT2D eigenvalue weighted by Gasteiger charge is -2.31.